The van der Waals surface area contributed by atoms with Crippen molar-refractivity contribution in [1.29, 1.82) is 0 Å². The number of carbonyl (C=O) groups excluding carboxylic acids is 1. The zero-order chi connectivity index (χ0) is 13.7. The molecule has 0 aromatic heterocycles. The van der Waals surface area contributed by atoms with Gasteiger partial charge in [0.05, 0.1) is 6.04 Å². The van der Waals surface area contributed by atoms with Crippen molar-refractivity contribution >= 4 is 30.1 Å². The first kappa shape index (κ1) is 17.3. The molecular formula is C14H20ClFN2OS. The Kier molecular flexibility index (Phi) is 7.34. The molecule has 0 aliphatic carbocycles. The third-order valence-electron chi connectivity index (χ3n) is 3.18. The molecule has 1 fully saturated rings. The van der Waals surface area contributed by atoms with Crippen molar-refractivity contribution in [2.75, 3.05) is 18.1 Å². The zero-order valence-electron chi connectivity index (χ0n) is 11.4. The summed E-state index contributed by atoms with van der Waals surface area (Å²) >= 11 is 1.88. The van der Waals surface area contributed by atoms with E-state index < -0.39 is 0 Å². The Balaban J connectivity index is 0.00000200. The lowest BCUT2D eigenvalue weighted by molar-refractivity contribution is -0.122. The van der Waals surface area contributed by atoms with Gasteiger partial charge in [0.2, 0.25) is 5.91 Å². The lowest BCUT2D eigenvalue weighted by Crippen LogP contribution is -2.41. The minimum atomic E-state index is -0.259. The van der Waals surface area contributed by atoms with Crippen LogP contribution in [0.3, 0.4) is 0 Å². The van der Waals surface area contributed by atoms with E-state index in [1.165, 1.54) is 12.1 Å². The van der Waals surface area contributed by atoms with Gasteiger partial charge in [-0.3, -0.25) is 4.79 Å². The highest BCUT2D eigenvalue weighted by Gasteiger charge is 2.18. The second-order valence-electron chi connectivity index (χ2n) is 4.77. The number of halogens is 2. The van der Waals surface area contributed by atoms with Gasteiger partial charge in [-0.1, -0.05) is 12.1 Å². The number of hydrogen-bond acceptors (Lipinski definition) is 3. The minimum Gasteiger partial charge on any atom is -0.350 e. The Morgan fingerprint density at radius 1 is 1.50 bits per heavy atom. The molecule has 0 saturated carbocycles. The molecule has 0 bridgehead atoms. The highest BCUT2D eigenvalue weighted by atomic mass is 35.5. The largest absolute Gasteiger partial charge is 0.350 e. The molecular weight excluding hydrogens is 299 g/mol. The van der Waals surface area contributed by atoms with E-state index in [-0.39, 0.29) is 36.2 Å². The maximum absolute atomic E-state index is 12.8. The zero-order valence-corrected chi connectivity index (χ0v) is 13.0. The molecule has 1 saturated heterocycles. The lowest BCUT2D eigenvalue weighted by atomic mass is 10.1. The van der Waals surface area contributed by atoms with Crippen LogP contribution in [0.2, 0.25) is 0 Å². The van der Waals surface area contributed by atoms with Gasteiger partial charge in [-0.15, -0.1) is 12.4 Å². The molecule has 20 heavy (non-hydrogen) atoms. The van der Waals surface area contributed by atoms with Crippen LogP contribution in [0.5, 0.6) is 0 Å². The fraction of sp³-hybridized carbons (Fsp3) is 0.500. The van der Waals surface area contributed by atoms with Crippen molar-refractivity contribution in [1.82, 2.24) is 10.6 Å². The number of amides is 1. The first-order valence-electron chi connectivity index (χ1n) is 6.51. The minimum absolute atomic E-state index is 0. The van der Waals surface area contributed by atoms with E-state index in [1.807, 2.05) is 18.7 Å². The van der Waals surface area contributed by atoms with Gasteiger partial charge < -0.3 is 10.6 Å². The molecule has 1 aliphatic rings. The molecule has 112 valence electrons. The van der Waals surface area contributed by atoms with Gasteiger partial charge >= 0.3 is 0 Å². The van der Waals surface area contributed by atoms with Gasteiger partial charge in [-0.05, 0) is 24.6 Å². The Bertz CT molecular complexity index is 424. The van der Waals surface area contributed by atoms with Crippen molar-refractivity contribution in [3.63, 3.8) is 0 Å². The maximum Gasteiger partial charge on any atom is 0.222 e. The van der Waals surface area contributed by atoms with Gasteiger partial charge in [-0.2, -0.15) is 11.8 Å². The molecule has 1 amide bonds. The summed E-state index contributed by atoms with van der Waals surface area (Å²) in [6.07, 6.45) is 0.499. The Morgan fingerprint density at radius 3 is 2.80 bits per heavy atom. The topological polar surface area (TPSA) is 41.1 Å². The second-order valence-corrected chi connectivity index (χ2v) is 5.92. The van der Waals surface area contributed by atoms with Gasteiger partial charge in [0.1, 0.15) is 5.82 Å². The highest BCUT2D eigenvalue weighted by molar-refractivity contribution is 7.99. The average Bonchev–Trinajstić information content (AvgIpc) is 2.40. The summed E-state index contributed by atoms with van der Waals surface area (Å²) < 4.78 is 12.8. The van der Waals surface area contributed by atoms with Crippen molar-refractivity contribution in [2.24, 2.45) is 0 Å². The SMILES string of the molecule is CC(NC(=O)CC1CSCCN1)c1ccc(F)cc1.Cl. The van der Waals surface area contributed by atoms with E-state index in [2.05, 4.69) is 10.6 Å². The van der Waals surface area contributed by atoms with E-state index in [1.54, 1.807) is 12.1 Å². The standard InChI is InChI=1S/C14H19FN2OS.ClH/c1-10(11-2-4-12(15)5-3-11)17-14(18)8-13-9-19-7-6-16-13;/h2-5,10,13,16H,6-9H2,1H3,(H,17,18);1H. The summed E-state index contributed by atoms with van der Waals surface area (Å²) in [6, 6.07) is 6.40. The van der Waals surface area contributed by atoms with Crippen LogP contribution in [-0.4, -0.2) is 30.0 Å². The molecule has 0 radical (unpaired) electrons. The van der Waals surface area contributed by atoms with Crippen LogP contribution in [-0.2, 0) is 4.79 Å². The van der Waals surface area contributed by atoms with Crippen LogP contribution >= 0.6 is 24.2 Å². The van der Waals surface area contributed by atoms with Gasteiger partial charge in [0.15, 0.2) is 0 Å². The van der Waals surface area contributed by atoms with E-state index in [0.29, 0.717) is 6.42 Å². The smallest absolute Gasteiger partial charge is 0.222 e. The number of hydrogen-bond donors (Lipinski definition) is 2. The Labute approximate surface area is 129 Å². The fourth-order valence-electron chi connectivity index (χ4n) is 2.11. The summed E-state index contributed by atoms with van der Waals surface area (Å²) in [6.45, 7) is 2.88. The van der Waals surface area contributed by atoms with Crippen molar-refractivity contribution < 1.29 is 9.18 Å². The number of thioether (sulfide) groups is 1. The van der Waals surface area contributed by atoms with Gasteiger partial charge in [-0.25, -0.2) is 4.39 Å². The molecule has 2 rings (SSSR count). The van der Waals surface area contributed by atoms with E-state index in [4.69, 9.17) is 0 Å². The summed E-state index contributed by atoms with van der Waals surface area (Å²) in [5.41, 5.74) is 0.917. The quantitative estimate of drug-likeness (QED) is 0.896. The number of nitrogens with one attached hydrogen (secondary N) is 2. The molecule has 1 heterocycles. The first-order valence-corrected chi connectivity index (χ1v) is 7.66. The molecule has 2 unspecified atom stereocenters. The summed E-state index contributed by atoms with van der Waals surface area (Å²) in [5.74, 6) is 1.88. The molecule has 3 nitrogen and oxygen atoms in total. The predicted octanol–water partition coefficient (Wildman–Crippen LogP) is 2.52. The van der Waals surface area contributed by atoms with Gasteiger partial charge in [0.25, 0.3) is 0 Å². The third-order valence-corrected chi connectivity index (χ3v) is 4.31. The maximum atomic E-state index is 12.8. The normalized spacial score (nSPS) is 19.8. The average molecular weight is 319 g/mol. The molecule has 0 spiro atoms. The Morgan fingerprint density at radius 2 is 2.20 bits per heavy atom. The third kappa shape index (κ3) is 5.31. The Hall–Kier alpha value is -0.780. The van der Waals surface area contributed by atoms with Crippen LogP contribution in [0.25, 0.3) is 0 Å². The van der Waals surface area contributed by atoms with Crippen LogP contribution in [0.1, 0.15) is 24.9 Å². The second kappa shape index (κ2) is 8.49. The van der Waals surface area contributed by atoms with Crippen LogP contribution in [0.4, 0.5) is 4.39 Å². The van der Waals surface area contributed by atoms with Crippen molar-refractivity contribution in [2.45, 2.75) is 25.4 Å². The lowest BCUT2D eigenvalue weighted by Gasteiger charge is -2.23. The number of benzene rings is 1. The molecule has 1 aliphatic heterocycles. The highest BCUT2D eigenvalue weighted by Crippen LogP contribution is 2.14. The van der Waals surface area contributed by atoms with Crippen LogP contribution in [0.15, 0.2) is 24.3 Å². The summed E-state index contributed by atoms with van der Waals surface area (Å²) in [7, 11) is 0. The molecule has 1 aromatic carbocycles. The number of carbonyl (C=O) groups is 1. The van der Waals surface area contributed by atoms with Gasteiger partial charge in [0, 0.05) is 30.5 Å². The first-order chi connectivity index (χ1) is 9.15. The number of rotatable bonds is 4. The predicted molar refractivity (Wildman–Crippen MR) is 83.9 cm³/mol. The summed E-state index contributed by atoms with van der Waals surface area (Å²) in [5, 5.41) is 6.29. The fourth-order valence-corrected chi connectivity index (χ4v) is 3.06. The van der Waals surface area contributed by atoms with Crippen molar-refractivity contribution in [3.8, 4) is 0 Å². The molecule has 6 heteroatoms. The molecule has 1 aromatic rings. The van der Waals surface area contributed by atoms with E-state index in [9.17, 15) is 9.18 Å². The molecule has 2 N–H and O–H groups in total. The van der Waals surface area contributed by atoms with E-state index in [0.717, 1.165) is 23.6 Å². The van der Waals surface area contributed by atoms with Crippen LogP contribution < -0.4 is 10.6 Å². The summed E-state index contributed by atoms with van der Waals surface area (Å²) in [4.78, 5) is 11.9. The monoisotopic (exact) mass is 318 g/mol. The van der Waals surface area contributed by atoms with Crippen molar-refractivity contribution in [3.05, 3.63) is 35.6 Å². The van der Waals surface area contributed by atoms with Crippen LogP contribution in [0, 0.1) is 5.82 Å². The molecule has 2 atom stereocenters. The van der Waals surface area contributed by atoms with E-state index >= 15 is 0 Å².